The molecule has 2 nitrogen and oxygen atoms in total. The third-order valence-electron chi connectivity index (χ3n) is 1.48. The third kappa shape index (κ3) is 9.20. The van der Waals surface area contributed by atoms with Crippen LogP contribution in [0.1, 0.15) is 12.8 Å². The monoisotopic (exact) mass is 208 g/mol. The van der Waals surface area contributed by atoms with Gasteiger partial charge in [0.25, 0.3) is 0 Å². The van der Waals surface area contributed by atoms with Crippen molar-refractivity contribution in [3.63, 3.8) is 0 Å². The van der Waals surface area contributed by atoms with Gasteiger partial charge in [0.15, 0.2) is 0 Å². The van der Waals surface area contributed by atoms with Gasteiger partial charge in [0.2, 0.25) is 6.05 Å². The molecule has 0 aromatic rings. The first-order valence-corrected chi connectivity index (χ1v) is 6.06. The molecule has 0 fully saturated rings. The van der Waals surface area contributed by atoms with Crippen LogP contribution in [0.5, 0.6) is 0 Å². The second-order valence-electron chi connectivity index (χ2n) is 2.61. The SMILES string of the molecule is C=CC(=O)OCCCC[SiH2]C(F)F. The Bertz CT molecular complexity index is 162. The van der Waals surface area contributed by atoms with Crippen LogP contribution in [0.3, 0.4) is 0 Å². The van der Waals surface area contributed by atoms with Gasteiger partial charge in [-0.15, -0.1) is 0 Å². The second-order valence-corrected chi connectivity index (χ2v) is 4.51. The van der Waals surface area contributed by atoms with Crippen LogP contribution < -0.4 is 0 Å². The Kier molecular flexibility index (Phi) is 7.48. The summed E-state index contributed by atoms with van der Waals surface area (Å²) in [6.45, 7) is 3.54. The van der Waals surface area contributed by atoms with Crippen LogP contribution in [0, 0.1) is 0 Å². The van der Waals surface area contributed by atoms with Crippen molar-refractivity contribution in [2.75, 3.05) is 6.61 Å². The van der Waals surface area contributed by atoms with Crippen molar-refractivity contribution in [2.24, 2.45) is 0 Å². The lowest BCUT2D eigenvalue weighted by atomic mass is 10.4. The van der Waals surface area contributed by atoms with E-state index in [2.05, 4.69) is 11.3 Å². The minimum absolute atomic E-state index is 0.308. The number of unbranched alkanes of at least 4 members (excludes halogenated alkanes) is 1. The zero-order valence-corrected chi connectivity index (χ0v) is 8.88. The first-order valence-electron chi connectivity index (χ1n) is 4.24. The molecule has 0 aliphatic heterocycles. The van der Waals surface area contributed by atoms with Crippen LogP contribution in [0.4, 0.5) is 8.78 Å². The smallest absolute Gasteiger partial charge is 0.330 e. The summed E-state index contributed by atoms with van der Waals surface area (Å²) in [6, 6.07) is -1.47. The maximum absolute atomic E-state index is 11.7. The fourth-order valence-electron chi connectivity index (χ4n) is 0.809. The normalized spacial score (nSPS) is 11.0. The first-order chi connectivity index (χ1) is 6.16. The molecule has 0 aromatic carbocycles. The maximum atomic E-state index is 11.7. The van der Waals surface area contributed by atoms with Gasteiger partial charge in [0.1, 0.15) is 9.52 Å². The Morgan fingerprint density at radius 3 is 2.77 bits per heavy atom. The summed E-state index contributed by atoms with van der Waals surface area (Å²) in [5.74, 6) is -0.453. The van der Waals surface area contributed by atoms with Crippen LogP contribution in [0.2, 0.25) is 6.04 Å². The molecule has 5 heteroatoms. The van der Waals surface area contributed by atoms with Crippen molar-refractivity contribution < 1.29 is 18.3 Å². The summed E-state index contributed by atoms with van der Waals surface area (Å²) in [5, 5.41) is 0. The maximum Gasteiger partial charge on any atom is 0.330 e. The molecule has 0 saturated heterocycles. The van der Waals surface area contributed by atoms with Crippen LogP contribution in [0.25, 0.3) is 0 Å². The van der Waals surface area contributed by atoms with Crippen LogP contribution >= 0.6 is 0 Å². The summed E-state index contributed by atoms with van der Waals surface area (Å²) in [6.07, 6.45) is 2.48. The van der Waals surface area contributed by atoms with Crippen molar-refractivity contribution >= 4 is 15.5 Å². The van der Waals surface area contributed by atoms with Gasteiger partial charge in [0.05, 0.1) is 6.61 Å². The van der Waals surface area contributed by atoms with Crippen LogP contribution in [0.15, 0.2) is 12.7 Å². The van der Waals surface area contributed by atoms with E-state index in [0.29, 0.717) is 19.1 Å². The number of halogens is 2. The minimum Gasteiger partial charge on any atom is -0.463 e. The van der Waals surface area contributed by atoms with E-state index in [1.165, 1.54) is 0 Å². The van der Waals surface area contributed by atoms with Gasteiger partial charge in [-0.25, -0.2) is 13.6 Å². The number of hydrogen-bond donors (Lipinski definition) is 0. The van der Waals surface area contributed by atoms with Crippen molar-refractivity contribution in [2.45, 2.75) is 24.9 Å². The van der Waals surface area contributed by atoms with Gasteiger partial charge < -0.3 is 4.74 Å². The lowest BCUT2D eigenvalue weighted by Gasteiger charge is -2.01. The first kappa shape index (κ1) is 12.3. The Morgan fingerprint density at radius 2 is 2.23 bits per heavy atom. The number of carbonyl (C=O) groups excluding carboxylic acids is 1. The van der Waals surface area contributed by atoms with E-state index in [1.807, 2.05) is 0 Å². The van der Waals surface area contributed by atoms with Crippen LogP contribution in [-0.2, 0) is 9.53 Å². The van der Waals surface area contributed by atoms with E-state index in [0.717, 1.165) is 12.5 Å². The molecule has 0 unspecified atom stereocenters. The molecule has 0 aliphatic carbocycles. The molecular weight excluding hydrogens is 194 g/mol. The highest BCUT2D eigenvalue weighted by atomic mass is 28.2. The largest absolute Gasteiger partial charge is 0.463 e. The summed E-state index contributed by atoms with van der Waals surface area (Å²) in [7, 11) is -1.20. The standard InChI is InChI=1S/C8H14F2O2Si/c1-2-7(11)12-5-3-4-6-13-8(9)10/h2,8H,1,3-6,13H2. The highest BCUT2D eigenvalue weighted by Crippen LogP contribution is 2.00. The molecule has 0 rings (SSSR count). The number of hydrogen-bond acceptors (Lipinski definition) is 2. The van der Waals surface area contributed by atoms with Gasteiger partial charge in [-0.1, -0.05) is 19.0 Å². The molecule has 0 saturated carbocycles. The molecule has 0 atom stereocenters. The quantitative estimate of drug-likeness (QED) is 0.273. The fraction of sp³-hybridized carbons (Fsp3) is 0.625. The summed E-state index contributed by atoms with van der Waals surface area (Å²) in [4.78, 5) is 10.5. The molecule has 0 aromatic heterocycles. The van der Waals surface area contributed by atoms with Crippen LogP contribution in [-0.4, -0.2) is 28.1 Å². The lowest BCUT2D eigenvalue weighted by molar-refractivity contribution is -0.137. The molecule has 0 N–H and O–H groups in total. The Balaban J connectivity index is 3.08. The van der Waals surface area contributed by atoms with Crippen molar-refractivity contribution in [3.8, 4) is 0 Å². The molecule has 0 radical (unpaired) electrons. The zero-order valence-electron chi connectivity index (χ0n) is 7.47. The lowest BCUT2D eigenvalue weighted by Crippen LogP contribution is -2.05. The van der Waals surface area contributed by atoms with E-state index in [4.69, 9.17) is 0 Å². The Hall–Kier alpha value is -0.713. The van der Waals surface area contributed by atoms with Crippen molar-refractivity contribution in [1.82, 2.24) is 0 Å². The summed E-state index contributed by atoms with van der Waals surface area (Å²) >= 11 is 0. The highest BCUT2D eigenvalue weighted by molar-refractivity contribution is 6.36. The fourth-order valence-corrected chi connectivity index (χ4v) is 1.76. The molecule has 0 amide bonds. The van der Waals surface area contributed by atoms with E-state index in [9.17, 15) is 13.6 Å². The average molecular weight is 208 g/mol. The number of rotatable bonds is 7. The van der Waals surface area contributed by atoms with E-state index >= 15 is 0 Å². The van der Waals surface area contributed by atoms with E-state index in [1.54, 1.807) is 0 Å². The van der Waals surface area contributed by atoms with Gasteiger partial charge in [-0.3, -0.25) is 0 Å². The molecule has 0 bridgehead atoms. The molecule has 0 heterocycles. The molecular formula is C8H14F2O2Si. The Labute approximate surface area is 78.8 Å². The van der Waals surface area contributed by atoms with Gasteiger partial charge >= 0.3 is 5.97 Å². The summed E-state index contributed by atoms with van der Waals surface area (Å²) < 4.78 is 28.0. The predicted molar refractivity (Wildman–Crippen MR) is 49.7 cm³/mol. The number of ether oxygens (including phenoxy) is 1. The average Bonchev–Trinajstić information content (AvgIpc) is 2.10. The van der Waals surface area contributed by atoms with Gasteiger partial charge in [-0.2, -0.15) is 0 Å². The topological polar surface area (TPSA) is 26.3 Å². The minimum atomic E-state index is -2.09. The predicted octanol–water partition coefficient (Wildman–Crippen LogP) is 1.31. The van der Waals surface area contributed by atoms with Gasteiger partial charge in [-0.05, 0) is 6.42 Å². The highest BCUT2D eigenvalue weighted by Gasteiger charge is 2.02. The van der Waals surface area contributed by atoms with E-state index in [-0.39, 0.29) is 0 Å². The molecule has 76 valence electrons. The molecule has 0 spiro atoms. The second kappa shape index (κ2) is 7.91. The molecule has 0 aliphatic rings. The van der Waals surface area contributed by atoms with Gasteiger partial charge in [0, 0.05) is 6.08 Å². The Morgan fingerprint density at radius 1 is 1.54 bits per heavy atom. The summed E-state index contributed by atoms with van der Waals surface area (Å²) in [5.41, 5.74) is 0. The number of carbonyl (C=O) groups is 1. The third-order valence-corrected chi connectivity index (χ3v) is 2.82. The van der Waals surface area contributed by atoms with Crippen molar-refractivity contribution in [1.29, 1.82) is 0 Å². The van der Waals surface area contributed by atoms with E-state index < -0.39 is 21.5 Å². The molecule has 13 heavy (non-hydrogen) atoms. The number of esters is 1. The van der Waals surface area contributed by atoms with Crippen molar-refractivity contribution in [3.05, 3.63) is 12.7 Å². The zero-order chi connectivity index (χ0) is 10.1. The number of alkyl halides is 2.